The molecule has 0 unspecified atom stereocenters. The number of rotatable bonds is 6. The van der Waals surface area contributed by atoms with E-state index in [9.17, 15) is 31.1 Å². The fourth-order valence-electron chi connectivity index (χ4n) is 4.28. The number of alkyl halides is 6. The number of aromatic nitrogens is 1. The largest absolute Gasteiger partial charge is 0.573 e. The Morgan fingerprint density at radius 2 is 1.79 bits per heavy atom. The minimum atomic E-state index is -4.78. The third-order valence-corrected chi connectivity index (χ3v) is 6.92. The highest BCUT2D eigenvalue weighted by atomic mass is 35.5. The SMILES string of the molecule is O=C(NS/N=C/c1ccc2c(c1)CCc1c-2noc1-c1ccc(OC(F)(F)F)cc1)Nc1cc(C(F)(F)F)ccc1Cl. The Bertz CT molecular complexity index is 1660. The molecule has 0 saturated carbocycles. The molecule has 3 aromatic carbocycles. The first-order valence-electron chi connectivity index (χ1n) is 12.0. The summed E-state index contributed by atoms with van der Waals surface area (Å²) in [6.45, 7) is 0. The summed E-state index contributed by atoms with van der Waals surface area (Å²) in [7, 11) is 0. The zero-order valence-electron chi connectivity index (χ0n) is 20.9. The van der Waals surface area contributed by atoms with Crippen molar-refractivity contribution in [1.29, 1.82) is 0 Å². The molecule has 1 heterocycles. The molecule has 15 heteroatoms. The normalized spacial score (nSPS) is 13.0. The van der Waals surface area contributed by atoms with Gasteiger partial charge in [0.1, 0.15) is 11.4 Å². The van der Waals surface area contributed by atoms with Gasteiger partial charge in [-0.05, 0) is 72.5 Å². The lowest BCUT2D eigenvalue weighted by Gasteiger charge is -2.16. The summed E-state index contributed by atoms with van der Waals surface area (Å²) >= 11 is 6.55. The number of carbonyl (C=O) groups is 1. The number of aryl methyl sites for hydroxylation is 1. The molecule has 2 amide bonds. The number of nitrogens with zero attached hydrogens (tertiary/aromatic N) is 2. The van der Waals surface area contributed by atoms with Crippen LogP contribution in [-0.4, -0.2) is 23.8 Å². The lowest BCUT2D eigenvalue weighted by atomic mass is 9.87. The molecule has 0 spiro atoms. The van der Waals surface area contributed by atoms with E-state index in [0.717, 1.165) is 40.5 Å². The smallest absolute Gasteiger partial charge is 0.406 e. The number of amides is 2. The second kappa shape index (κ2) is 11.6. The molecule has 5 rings (SSSR count). The van der Waals surface area contributed by atoms with Crippen LogP contribution in [0.5, 0.6) is 5.75 Å². The monoisotopic (exact) mass is 626 g/mol. The van der Waals surface area contributed by atoms with Gasteiger partial charge in [0.05, 0.1) is 28.4 Å². The van der Waals surface area contributed by atoms with E-state index in [-0.39, 0.29) is 16.5 Å². The van der Waals surface area contributed by atoms with Crippen molar-refractivity contribution in [3.8, 4) is 28.3 Å². The molecule has 0 fully saturated rings. The van der Waals surface area contributed by atoms with Crippen LogP contribution in [0.4, 0.5) is 36.8 Å². The van der Waals surface area contributed by atoms with E-state index in [4.69, 9.17) is 16.1 Å². The van der Waals surface area contributed by atoms with Gasteiger partial charge >= 0.3 is 18.6 Å². The van der Waals surface area contributed by atoms with E-state index >= 15 is 0 Å². The van der Waals surface area contributed by atoms with E-state index in [1.165, 1.54) is 30.5 Å². The number of nitrogens with one attached hydrogen (secondary N) is 2. The number of halogens is 7. The molecule has 1 aliphatic carbocycles. The Labute approximate surface area is 243 Å². The van der Waals surface area contributed by atoms with Crippen molar-refractivity contribution in [3.05, 3.63) is 87.9 Å². The molecule has 0 atom stereocenters. The predicted octanol–water partition coefficient (Wildman–Crippen LogP) is 8.48. The van der Waals surface area contributed by atoms with Crippen LogP contribution >= 0.6 is 23.7 Å². The summed E-state index contributed by atoms with van der Waals surface area (Å²) in [5.74, 6) is 0.125. The number of benzene rings is 3. The molecule has 7 nitrogen and oxygen atoms in total. The van der Waals surface area contributed by atoms with Crippen LogP contribution in [0.15, 0.2) is 69.6 Å². The minimum Gasteiger partial charge on any atom is -0.406 e. The molecular formula is C27H17ClF6N4O3S. The highest BCUT2D eigenvalue weighted by Crippen LogP contribution is 2.39. The van der Waals surface area contributed by atoms with Crippen molar-refractivity contribution in [1.82, 2.24) is 9.88 Å². The standard InChI is InChI=1S/C27H17ClF6N4O3S/c28-21-10-5-17(26(29,30)31)12-22(21)36-25(39)38-42-35-13-14-1-8-19-16(11-14)4-9-20-23(19)37-41-24(20)15-2-6-18(7-3-15)40-27(32,33)34/h1-3,5-8,10-13H,4,9H2,(H2,36,38,39)/b35-13+. The van der Waals surface area contributed by atoms with Crippen LogP contribution in [0.25, 0.3) is 22.6 Å². The molecule has 2 N–H and O–H groups in total. The van der Waals surface area contributed by atoms with Gasteiger partial charge in [0.2, 0.25) is 0 Å². The first-order chi connectivity index (χ1) is 19.9. The second-order valence-electron chi connectivity index (χ2n) is 8.90. The van der Waals surface area contributed by atoms with Crippen molar-refractivity contribution in [2.45, 2.75) is 25.4 Å². The van der Waals surface area contributed by atoms with Crippen LogP contribution in [0.2, 0.25) is 5.02 Å². The number of fused-ring (bicyclic) bond motifs is 3. The quantitative estimate of drug-likeness (QED) is 0.127. The zero-order chi connectivity index (χ0) is 30.1. The van der Waals surface area contributed by atoms with Crippen molar-refractivity contribution >= 4 is 41.7 Å². The average molecular weight is 627 g/mol. The summed E-state index contributed by atoms with van der Waals surface area (Å²) in [4.78, 5) is 12.1. The topological polar surface area (TPSA) is 88.8 Å². The number of hydrogen-bond donors (Lipinski definition) is 2. The second-order valence-corrected chi connectivity index (χ2v) is 9.91. The van der Waals surface area contributed by atoms with Crippen LogP contribution < -0.4 is 14.8 Å². The average Bonchev–Trinajstić information content (AvgIpc) is 3.36. The van der Waals surface area contributed by atoms with Gasteiger partial charge in [-0.3, -0.25) is 4.72 Å². The Morgan fingerprint density at radius 1 is 1.02 bits per heavy atom. The summed E-state index contributed by atoms with van der Waals surface area (Å²) in [6.07, 6.45) is -6.66. The van der Waals surface area contributed by atoms with Gasteiger partial charge < -0.3 is 14.6 Å². The van der Waals surface area contributed by atoms with Crippen molar-refractivity contribution in [2.24, 2.45) is 4.40 Å². The van der Waals surface area contributed by atoms with Gasteiger partial charge in [-0.2, -0.15) is 13.2 Å². The molecule has 0 saturated heterocycles. The van der Waals surface area contributed by atoms with Gasteiger partial charge in [-0.1, -0.05) is 28.9 Å². The van der Waals surface area contributed by atoms with Crippen LogP contribution in [0, 0.1) is 0 Å². The lowest BCUT2D eigenvalue weighted by Crippen LogP contribution is -2.22. The number of carbonyl (C=O) groups excluding carboxylic acids is 1. The van der Waals surface area contributed by atoms with Crippen molar-refractivity contribution < 1.29 is 40.4 Å². The maximum absolute atomic E-state index is 12.9. The Kier molecular flexibility index (Phi) is 8.10. The van der Waals surface area contributed by atoms with Gasteiger partial charge in [0.25, 0.3) is 0 Å². The Hall–Kier alpha value is -4.17. The minimum absolute atomic E-state index is 0.0588. The van der Waals surface area contributed by atoms with Gasteiger partial charge in [-0.25, -0.2) is 9.19 Å². The fraction of sp³-hybridized carbons (Fsp3) is 0.148. The van der Waals surface area contributed by atoms with E-state index < -0.39 is 24.1 Å². The first kappa shape index (κ1) is 29.3. The summed E-state index contributed by atoms with van der Waals surface area (Å²) in [6, 6.07) is 12.6. The van der Waals surface area contributed by atoms with E-state index in [1.807, 2.05) is 12.1 Å². The molecule has 42 heavy (non-hydrogen) atoms. The van der Waals surface area contributed by atoms with Gasteiger partial charge in [0.15, 0.2) is 5.76 Å². The van der Waals surface area contributed by atoms with Crippen molar-refractivity contribution in [2.75, 3.05) is 5.32 Å². The molecule has 4 aromatic rings. The third kappa shape index (κ3) is 6.82. The van der Waals surface area contributed by atoms with Crippen LogP contribution in [-0.2, 0) is 19.0 Å². The summed E-state index contributed by atoms with van der Waals surface area (Å²) in [5, 5.41) is 6.38. The van der Waals surface area contributed by atoms with Crippen LogP contribution in [0.3, 0.4) is 0 Å². The zero-order valence-corrected chi connectivity index (χ0v) is 22.5. The highest BCUT2D eigenvalue weighted by molar-refractivity contribution is 7.96. The van der Waals surface area contributed by atoms with Gasteiger partial charge in [0, 0.05) is 22.9 Å². The molecule has 0 bridgehead atoms. The molecule has 1 aliphatic rings. The Balaban J connectivity index is 1.21. The maximum atomic E-state index is 12.9. The number of urea groups is 1. The lowest BCUT2D eigenvalue weighted by molar-refractivity contribution is -0.274. The summed E-state index contributed by atoms with van der Waals surface area (Å²) in [5.41, 5.74) is 3.39. The highest BCUT2D eigenvalue weighted by Gasteiger charge is 2.32. The first-order valence-corrected chi connectivity index (χ1v) is 13.1. The predicted molar refractivity (Wildman–Crippen MR) is 145 cm³/mol. The summed E-state index contributed by atoms with van der Waals surface area (Å²) < 4.78 is 91.9. The Morgan fingerprint density at radius 3 is 2.50 bits per heavy atom. The van der Waals surface area contributed by atoms with E-state index in [2.05, 4.69) is 24.3 Å². The van der Waals surface area contributed by atoms with E-state index in [1.54, 1.807) is 6.07 Å². The number of ether oxygens (including phenoxy) is 1. The molecule has 0 radical (unpaired) electrons. The molecule has 218 valence electrons. The molecule has 1 aromatic heterocycles. The van der Waals surface area contributed by atoms with Crippen molar-refractivity contribution in [3.63, 3.8) is 0 Å². The maximum Gasteiger partial charge on any atom is 0.573 e. The molecular weight excluding hydrogens is 610 g/mol. The fourth-order valence-corrected chi connectivity index (χ4v) is 4.81. The van der Waals surface area contributed by atoms with Crippen LogP contribution in [0.1, 0.15) is 22.3 Å². The van der Waals surface area contributed by atoms with Gasteiger partial charge in [-0.15, -0.1) is 13.2 Å². The molecule has 0 aliphatic heterocycles. The number of anilines is 1. The van der Waals surface area contributed by atoms with E-state index in [0.29, 0.717) is 42.0 Å². The third-order valence-electron chi connectivity index (χ3n) is 6.10. The number of hydrogen-bond acceptors (Lipinski definition) is 6.